The number of aromatic nitrogens is 1. The molecule has 0 amide bonds. The molecule has 0 bridgehead atoms. The van der Waals surface area contributed by atoms with Crippen LogP contribution in [0, 0.1) is 19.8 Å². The van der Waals surface area contributed by atoms with Gasteiger partial charge in [-0.3, -0.25) is 4.98 Å². The normalized spacial score (nSPS) is 11.6. The van der Waals surface area contributed by atoms with Gasteiger partial charge in [-0.25, -0.2) is 0 Å². The predicted octanol–water partition coefficient (Wildman–Crippen LogP) is 8.13. The number of furan rings is 1. The molecule has 2 heteroatoms. The maximum atomic E-state index is 6.48. The molecule has 0 saturated carbocycles. The van der Waals surface area contributed by atoms with Crippen LogP contribution in [0.4, 0.5) is 0 Å². The molecule has 0 unspecified atom stereocenters. The van der Waals surface area contributed by atoms with Crippen molar-refractivity contribution >= 4 is 21.9 Å². The number of hydrogen-bond donors (Lipinski definition) is 0. The van der Waals surface area contributed by atoms with Gasteiger partial charge in [0.2, 0.25) is 0 Å². The molecule has 0 saturated heterocycles. The van der Waals surface area contributed by atoms with Crippen LogP contribution in [0.5, 0.6) is 0 Å². The number of aryl methyl sites for hydroxylation is 2. The Morgan fingerprint density at radius 3 is 2.39 bits per heavy atom. The standard InChI is InChI=1S/C29H27NO/c1-18(2)15-21-13-14-30-26(16-21)22-11-12-23-24-9-6-10-25(29(24)31-27(23)17-22)28-19(3)7-5-8-20(28)4/h5-14,16-18H,15H2,1-4H3. The molecule has 3 aromatic carbocycles. The molecule has 0 aliphatic rings. The summed E-state index contributed by atoms with van der Waals surface area (Å²) in [7, 11) is 0. The second-order valence-corrected chi connectivity index (χ2v) is 8.91. The van der Waals surface area contributed by atoms with Crippen molar-refractivity contribution in [3.05, 3.63) is 89.6 Å². The molecule has 0 radical (unpaired) electrons. The molecule has 5 rings (SSSR count). The van der Waals surface area contributed by atoms with E-state index in [1.165, 1.54) is 22.3 Å². The second kappa shape index (κ2) is 7.70. The number of rotatable bonds is 4. The molecule has 0 fully saturated rings. The third kappa shape index (κ3) is 3.53. The maximum Gasteiger partial charge on any atom is 0.143 e. The minimum Gasteiger partial charge on any atom is -0.455 e. The van der Waals surface area contributed by atoms with Crippen molar-refractivity contribution in [3.63, 3.8) is 0 Å². The summed E-state index contributed by atoms with van der Waals surface area (Å²) in [6, 6.07) is 23.7. The van der Waals surface area contributed by atoms with Crippen molar-refractivity contribution in [2.75, 3.05) is 0 Å². The van der Waals surface area contributed by atoms with Gasteiger partial charge in [-0.15, -0.1) is 0 Å². The summed E-state index contributed by atoms with van der Waals surface area (Å²) in [5.74, 6) is 0.622. The van der Waals surface area contributed by atoms with E-state index >= 15 is 0 Å². The molecule has 2 heterocycles. The van der Waals surface area contributed by atoms with Gasteiger partial charge in [0, 0.05) is 28.1 Å². The molecular weight excluding hydrogens is 378 g/mol. The summed E-state index contributed by atoms with van der Waals surface area (Å²) in [4.78, 5) is 4.62. The topological polar surface area (TPSA) is 26.0 Å². The molecule has 5 aromatic rings. The van der Waals surface area contributed by atoms with E-state index in [-0.39, 0.29) is 0 Å². The summed E-state index contributed by atoms with van der Waals surface area (Å²) < 4.78 is 6.48. The van der Waals surface area contributed by atoms with E-state index in [1.54, 1.807) is 0 Å². The SMILES string of the molecule is Cc1cccc(C)c1-c1cccc2c1oc1cc(-c3cc(CC(C)C)ccn3)ccc12. The summed E-state index contributed by atoms with van der Waals surface area (Å²) in [6.07, 6.45) is 2.97. The quantitative estimate of drug-likeness (QED) is 0.302. The molecule has 31 heavy (non-hydrogen) atoms. The molecule has 0 spiro atoms. The van der Waals surface area contributed by atoms with Crippen LogP contribution in [0.3, 0.4) is 0 Å². The lowest BCUT2D eigenvalue weighted by Crippen LogP contribution is -1.95. The fourth-order valence-electron chi connectivity index (χ4n) is 4.62. The number of hydrogen-bond acceptors (Lipinski definition) is 2. The third-order valence-electron chi connectivity index (χ3n) is 6.01. The van der Waals surface area contributed by atoms with Crippen LogP contribution >= 0.6 is 0 Å². The first-order chi connectivity index (χ1) is 15.0. The van der Waals surface area contributed by atoms with Crippen LogP contribution in [0.15, 0.2) is 77.3 Å². The largest absolute Gasteiger partial charge is 0.455 e. The summed E-state index contributed by atoms with van der Waals surface area (Å²) >= 11 is 0. The highest BCUT2D eigenvalue weighted by molar-refractivity contribution is 6.10. The first kappa shape index (κ1) is 19.6. The number of nitrogens with zero attached hydrogens (tertiary/aromatic N) is 1. The minimum absolute atomic E-state index is 0.622. The van der Waals surface area contributed by atoms with Crippen molar-refractivity contribution in [2.45, 2.75) is 34.1 Å². The van der Waals surface area contributed by atoms with E-state index in [9.17, 15) is 0 Å². The molecule has 0 N–H and O–H groups in total. The maximum absolute atomic E-state index is 6.48. The first-order valence-corrected chi connectivity index (χ1v) is 11.0. The van der Waals surface area contributed by atoms with Crippen LogP contribution in [-0.2, 0) is 6.42 Å². The Hall–Kier alpha value is -3.39. The zero-order valence-corrected chi connectivity index (χ0v) is 18.6. The Morgan fingerprint density at radius 1 is 0.839 bits per heavy atom. The van der Waals surface area contributed by atoms with E-state index in [0.29, 0.717) is 5.92 Å². The van der Waals surface area contributed by atoms with E-state index < -0.39 is 0 Å². The van der Waals surface area contributed by atoms with Crippen LogP contribution in [0.2, 0.25) is 0 Å². The lowest BCUT2D eigenvalue weighted by atomic mass is 9.94. The Bertz CT molecular complexity index is 1390. The van der Waals surface area contributed by atoms with Crippen LogP contribution in [0.1, 0.15) is 30.5 Å². The van der Waals surface area contributed by atoms with Crippen LogP contribution < -0.4 is 0 Å². The Balaban J connectivity index is 1.67. The Kier molecular flexibility index (Phi) is 4.86. The molecule has 154 valence electrons. The van der Waals surface area contributed by atoms with Crippen molar-refractivity contribution in [1.82, 2.24) is 4.98 Å². The van der Waals surface area contributed by atoms with Gasteiger partial charge in [0.25, 0.3) is 0 Å². The molecular formula is C29H27NO. The highest BCUT2D eigenvalue weighted by Gasteiger charge is 2.15. The van der Waals surface area contributed by atoms with E-state index in [4.69, 9.17) is 4.42 Å². The lowest BCUT2D eigenvalue weighted by molar-refractivity contribution is 0.647. The molecule has 2 aromatic heterocycles. The van der Waals surface area contributed by atoms with Gasteiger partial charge in [-0.05, 0) is 72.7 Å². The monoisotopic (exact) mass is 405 g/mol. The van der Waals surface area contributed by atoms with E-state index in [0.717, 1.165) is 45.2 Å². The van der Waals surface area contributed by atoms with Gasteiger partial charge >= 0.3 is 0 Å². The van der Waals surface area contributed by atoms with Gasteiger partial charge in [-0.1, -0.05) is 56.3 Å². The third-order valence-corrected chi connectivity index (χ3v) is 6.01. The highest BCUT2D eigenvalue weighted by Crippen LogP contribution is 2.39. The van der Waals surface area contributed by atoms with Crippen molar-refractivity contribution in [1.29, 1.82) is 0 Å². The van der Waals surface area contributed by atoms with Gasteiger partial charge in [0.1, 0.15) is 11.2 Å². The smallest absolute Gasteiger partial charge is 0.143 e. The highest BCUT2D eigenvalue weighted by atomic mass is 16.3. The van der Waals surface area contributed by atoms with Crippen LogP contribution in [0.25, 0.3) is 44.3 Å². The predicted molar refractivity (Wildman–Crippen MR) is 130 cm³/mol. The van der Waals surface area contributed by atoms with Gasteiger partial charge in [0.15, 0.2) is 0 Å². The second-order valence-electron chi connectivity index (χ2n) is 8.91. The molecule has 2 nitrogen and oxygen atoms in total. The lowest BCUT2D eigenvalue weighted by Gasteiger charge is -2.10. The number of pyridine rings is 1. The summed E-state index contributed by atoms with van der Waals surface area (Å²) in [5, 5.41) is 2.30. The summed E-state index contributed by atoms with van der Waals surface area (Å²) in [5.41, 5.74) is 10.2. The van der Waals surface area contributed by atoms with Crippen molar-refractivity contribution in [2.24, 2.45) is 5.92 Å². The van der Waals surface area contributed by atoms with Crippen LogP contribution in [-0.4, -0.2) is 4.98 Å². The fraction of sp³-hybridized carbons (Fsp3) is 0.207. The van der Waals surface area contributed by atoms with Gasteiger partial charge in [-0.2, -0.15) is 0 Å². The first-order valence-electron chi connectivity index (χ1n) is 11.0. The van der Waals surface area contributed by atoms with Crippen molar-refractivity contribution in [3.8, 4) is 22.4 Å². The number of fused-ring (bicyclic) bond motifs is 3. The van der Waals surface area contributed by atoms with Crippen molar-refractivity contribution < 1.29 is 4.42 Å². The molecule has 0 aliphatic carbocycles. The van der Waals surface area contributed by atoms with E-state index in [2.05, 4.69) is 99.4 Å². The Labute approximate surface area is 183 Å². The molecule has 0 aliphatic heterocycles. The average Bonchev–Trinajstić information content (AvgIpc) is 3.12. The summed E-state index contributed by atoms with van der Waals surface area (Å²) in [6.45, 7) is 8.82. The van der Waals surface area contributed by atoms with Gasteiger partial charge in [0.05, 0.1) is 5.69 Å². The number of benzene rings is 3. The average molecular weight is 406 g/mol. The minimum atomic E-state index is 0.622. The van der Waals surface area contributed by atoms with E-state index in [1.807, 2.05) is 6.20 Å². The molecule has 0 atom stereocenters. The Morgan fingerprint density at radius 2 is 1.61 bits per heavy atom. The number of para-hydroxylation sites is 1. The zero-order valence-electron chi connectivity index (χ0n) is 18.6. The van der Waals surface area contributed by atoms with Gasteiger partial charge < -0.3 is 4.42 Å². The zero-order chi connectivity index (χ0) is 21.5. The fourth-order valence-corrected chi connectivity index (χ4v) is 4.62.